The highest BCUT2D eigenvalue weighted by atomic mass is 16.6. The summed E-state index contributed by atoms with van der Waals surface area (Å²) in [7, 11) is 0. The molecule has 0 unspecified atom stereocenters. The Kier molecular flexibility index (Phi) is 9.70. The molecular weight excluding hydrogens is 538 g/mol. The molecule has 222 valence electrons. The number of nitrogens with one attached hydrogen (secondary N) is 2. The molecule has 2 aliphatic rings. The Morgan fingerprint density at radius 3 is 2.51 bits per heavy atom. The molecule has 14 nitrogen and oxygen atoms in total. The monoisotopic (exact) mass is 573 g/mol. The van der Waals surface area contributed by atoms with Crippen molar-refractivity contribution in [3.63, 3.8) is 0 Å². The predicted molar refractivity (Wildman–Crippen MR) is 143 cm³/mol. The van der Waals surface area contributed by atoms with Crippen LogP contribution in [0.1, 0.15) is 38.5 Å². The average Bonchev–Trinajstić information content (AvgIpc) is 3.56. The Labute approximate surface area is 235 Å². The first kappa shape index (κ1) is 30.1. The summed E-state index contributed by atoms with van der Waals surface area (Å²) in [6.45, 7) is 3.35. The summed E-state index contributed by atoms with van der Waals surface area (Å²) in [5.41, 5.74) is -0.0680. The highest BCUT2D eigenvalue weighted by Gasteiger charge is 2.44. The Morgan fingerprint density at radius 2 is 1.88 bits per heavy atom. The highest BCUT2D eigenvalue weighted by molar-refractivity contribution is 5.98. The Bertz CT molecular complexity index is 1290. The maximum atomic E-state index is 13.4. The molecule has 3 heterocycles. The highest BCUT2D eigenvalue weighted by Crippen LogP contribution is 2.28. The van der Waals surface area contributed by atoms with Crippen LogP contribution in [0.5, 0.6) is 0 Å². The summed E-state index contributed by atoms with van der Waals surface area (Å²) in [6.07, 6.45) is -3.77. The molecule has 2 saturated heterocycles. The van der Waals surface area contributed by atoms with E-state index < -0.39 is 66.8 Å². The van der Waals surface area contributed by atoms with Crippen LogP contribution in [0, 0.1) is 5.92 Å². The molecule has 0 spiro atoms. The van der Waals surface area contributed by atoms with Crippen molar-refractivity contribution in [2.45, 2.75) is 69.9 Å². The summed E-state index contributed by atoms with van der Waals surface area (Å²) in [5, 5.41) is 34.6. The number of likely N-dealkylation sites (tertiary alicyclic amines) is 1. The topological polar surface area (TPSA) is 193 Å². The quantitative estimate of drug-likeness (QED) is 0.267. The van der Waals surface area contributed by atoms with E-state index in [0.717, 1.165) is 10.1 Å². The van der Waals surface area contributed by atoms with E-state index in [1.165, 1.54) is 17.2 Å². The number of benzene rings is 1. The van der Waals surface area contributed by atoms with E-state index in [2.05, 4.69) is 15.6 Å². The molecule has 3 amide bonds. The summed E-state index contributed by atoms with van der Waals surface area (Å²) < 4.78 is 11.6. The van der Waals surface area contributed by atoms with Gasteiger partial charge in [-0.1, -0.05) is 44.2 Å². The second-order valence-electron chi connectivity index (χ2n) is 10.3. The standard InChI is InChI=1S/C27H35N5O9/c1-15(2)20(30-27(39)40-14-16-7-4-3-5-8-16)24(37)31-11-6-9-17(31)23(36)28-19-10-12-32(26(38)29-19)25-22(35)21(34)18(13-33)41-25/h3-5,7-8,10,12,15,17-18,20-22,25,33-35H,6,9,11,13-14H2,1-2H3,(H,30,39)(H,28,29,36,38)/t17-,18+,20-,21+,22-,25+/m0/s1. The van der Waals surface area contributed by atoms with Crippen LogP contribution in [0.2, 0.25) is 0 Å². The minimum absolute atomic E-state index is 0.0423. The average molecular weight is 574 g/mol. The fraction of sp³-hybridized carbons (Fsp3) is 0.519. The van der Waals surface area contributed by atoms with Gasteiger partial charge in [0, 0.05) is 12.7 Å². The number of hydrogen-bond donors (Lipinski definition) is 5. The summed E-state index contributed by atoms with van der Waals surface area (Å²) in [5.74, 6) is -1.35. The fourth-order valence-electron chi connectivity index (χ4n) is 4.88. The zero-order valence-corrected chi connectivity index (χ0v) is 22.8. The van der Waals surface area contributed by atoms with Crippen molar-refractivity contribution in [3.05, 3.63) is 58.6 Å². The number of alkyl carbamates (subject to hydrolysis) is 1. The Hall–Kier alpha value is -3.85. The van der Waals surface area contributed by atoms with Gasteiger partial charge in [0.25, 0.3) is 0 Å². The number of anilines is 1. The molecule has 2 aromatic rings. The molecule has 2 aliphatic heterocycles. The number of aliphatic hydroxyl groups is 3. The fourth-order valence-corrected chi connectivity index (χ4v) is 4.88. The molecule has 1 aromatic carbocycles. The molecule has 4 rings (SSSR count). The van der Waals surface area contributed by atoms with Gasteiger partial charge in [-0.15, -0.1) is 0 Å². The van der Waals surface area contributed by atoms with E-state index >= 15 is 0 Å². The lowest BCUT2D eigenvalue weighted by molar-refractivity contribution is -0.139. The van der Waals surface area contributed by atoms with Crippen LogP contribution in [0.4, 0.5) is 10.6 Å². The number of ether oxygens (including phenoxy) is 2. The van der Waals surface area contributed by atoms with Crippen LogP contribution in [0.25, 0.3) is 0 Å². The first-order chi connectivity index (χ1) is 19.6. The van der Waals surface area contributed by atoms with Crippen LogP contribution in [0.3, 0.4) is 0 Å². The number of hydrogen-bond acceptors (Lipinski definition) is 10. The molecule has 0 radical (unpaired) electrons. The SMILES string of the molecule is CC(C)[C@H](NC(=O)OCc1ccccc1)C(=O)N1CCC[C@H]1C(=O)Nc1ccn([C@@H]2O[C@H](CO)[C@@H](O)[C@@H]2O)c(=O)n1. The lowest BCUT2D eigenvalue weighted by atomic mass is 10.0. The van der Waals surface area contributed by atoms with Crippen molar-refractivity contribution < 1.29 is 39.2 Å². The molecular formula is C27H35N5O9. The number of rotatable bonds is 9. The number of aliphatic hydroxyl groups excluding tert-OH is 3. The van der Waals surface area contributed by atoms with Crippen molar-refractivity contribution in [2.75, 3.05) is 18.5 Å². The maximum Gasteiger partial charge on any atom is 0.408 e. The number of amides is 3. The van der Waals surface area contributed by atoms with E-state index in [-0.39, 0.29) is 18.3 Å². The molecule has 41 heavy (non-hydrogen) atoms. The van der Waals surface area contributed by atoms with Gasteiger partial charge in [-0.25, -0.2) is 9.59 Å². The predicted octanol–water partition coefficient (Wildman–Crippen LogP) is -0.265. The van der Waals surface area contributed by atoms with Crippen LogP contribution in [-0.4, -0.2) is 91.2 Å². The Balaban J connectivity index is 1.39. The lowest BCUT2D eigenvalue weighted by Crippen LogP contribution is -2.54. The second-order valence-corrected chi connectivity index (χ2v) is 10.3. The summed E-state index contributed by atoms with van der Waals surface area (Å²) >= 11 is 0. The lowest BCUT2D eigenvalue weighted by Gasteiger charge is -2.30. The Morgan fingerprint density at radius 1 is 1.15 bits per heavy atom. The van der Waals surface area contributed by atoms with E-state index in [1.807, 2.05) is 30.3 Å². The first-order valence-electron chi connectivity index (χ1n) is 13.4. The first-order valence-corrected chi connectivity index (χ1v) is 13.4. The summed E-state index contributed by atoms with van der Waals surface area (Å²) in [4.78, 5) is 56.9. The number of aromatic nitrogens is 2. The van der Waals surface area contributed by atoms with Crippen molar-refractivity contribution in [2.24, 2.45) is 5.92 Å². The maximum absolute atomic E-state index is 13.4. The normalized spacial score (nSPS) is 24.7. The van der Waals surface area contributed by atoms with Gasteiger partial charge in [-0.2, -0.15) is 4.98 Å². The van der Waals surface area contributed by atoms with Crippen molar-refractivity contribution in [1.82, 2.24) is 19.8 Å². The number of carbonyl (C=O) groups is 3. The number of nitrogens with zero attached hydrogens (tertiary/aromatic N) is 3. The van der Waals surface area contributed by atoms with Crippen LogP contribution in [-0.2, 0) is 25.7 Å². The number of carbonyl (C=O) groups excluding carboxylic acids is 3. The zero-order valence-electron chi connectivity index (χ0n) is 22.8. The van der Waals surface area contributed by atoms with Crippen LogP contribution < -0.4 is 16.3 Å². The molecule has 2 fully saturated rings. The molecule has 0 bridgehead atoms. The van der Waals surface area contributed by atoms with E-state index in [9.17, 15) is 34.5 Å². The third-order valence-corrected chi connectivity index (χ3v) is 7.13. The van der Waals surface area contributed by atoms with Gasteiger partial charge in [0.05, 0.1) is 6.61 Å². The van der Waals surface area contributed by atoms with E-state index in [4.69, 9.17) is 9.47 Å². The molecule has 0 aliphatic carbocycles. The molecule has 5 N–H and O–H groups in total. The second kappa shape index (κ2) is 13.2. The van der Waals surface area contributed by atoms with Gasteiger partial charge >= 0.3 is 11.8 Å². The van der Waals surface area contributed by atoms with E-state index in [1.54, 1.807) is 13.8 Å². The largest absolute Gasteiger partial charge is 0.445 e. The van der Waals surface area contributed by atoms with Gasteiger partial charge in [0.15, 0.2) is 6.23 Å². The van der Waals surface area contributed by atoms with Gasteiger partial charge in [0.1, 0.15) is 42.8 Å². The molecule has 1 aromatic heterocycles. The zero-order chi connectivity index (χ0) is 29.7. The third kappa shape index (κ3) is 6.90. The van der Waals surface area contributed by atoms with Gasteiger partial charge < -0.3 is 40.3 Å². The molecule has 14 heteroatoms. The minimum atomic E-state index is -1.47. The van der Waals surface area contributed by atoms with Crippen LogP contribution >= 0.6 is 0 Å². The minimum Gasteiger partial charge on any atom is -0.445 e. The van der Waals surface area contributed by atoms with Crippen molar-refractivity contribution >= 4 is 23.7 Å². The van der Waals surface area contributed by atoms with Crippen molar-refractivity contribution in [3.8, 4) is 0 Å². The molecule has 6 atom stereocenters. The summed E-state index contributed by atoms with van der Waals surface area (Å²) in [6, 6.07) is 8.65. The third-order valence-electron chi connectivity index (χ3n) is 7.13. The van der Waals surface area contributed by atoms with Gasteiger partial charge in [-0.3, -0.25) is 14.2 Å². The van der Waals surface area contributed by atoms with Crippen molar-refractivity contribution in [1.29, 1.82) is 0 Å². The molecule has 0 saturated carbocycles. The van der Waals surface area contributed by atoms with E-state index in [0.29, 0.717) is 19.4 Å². The van der Waals surface area contributed by atoms with Gasteiger partial charge in [-0.05, 0) is 30.4 Å². The smallest absolute Gasteiger partial charge is 0.408 e. The van der Waals surface area contributed by atoms with Gasteiger partial charge in [0.2, 0.25) is 11.8 Å². The van der Waals surface area contributed by atoms with Crippen LogP contribution in [0.15, 0.2) is 47.4 Å².